The number of rotatable bonds is 2. The van der Waals surface area contributed by atoms with Crippen molar-refractivity contribution in [2.75, 3.05) is 12.3 Å². The van der Waals surface area contributed by atoms with Crippen LogP contribution in [-0.2, 0) is 4.74 Å². The van der Waals surface area contributed by atoms with Crippen molar-refractivity contribution in [2.24, 2.45) is 0 Å². The zero-order valence-corrected chi connectivity index (χ0v) is 14.6. The molecule has 0 bridgehead atoms. The van der Waals surface area contributed by atoms with Gasteiger partial charge in [-0.15, -0.1) is 0 Å². The minimum atomic E-state index is -0.158. The number of benzene rings is 1. The number of ether oxygens (including phenoxy) is 2. The number of anilines is 1. The molecule has 2 heterocycles. The lowest BCUT2D eigenvalue weighted by molar-refractivity contribution is -0.0895. The molecule has 1 aliphatic heterocycles. The molecule has 118 valence electrons. The van der Waals surface area contributed by atoms with Gasteiger partial charge >= 0.3 is 0 Å². The van der Waals surface area contributed by atoms with Gasteiger partial charge in [-0.2, -0.15) is 0 Å². The van der Waals surface area contributed by atoms with Crippen molar-refractivity contribution in [3.8, 4) is 5.75 Å². The molecule has 6 heteroatoms. The summed E-state index contributed by atoms with van der Waals surface area (Å²) < 4.78 is 12.9. The first-order valence-corrected chi connectivity index (χ1v) is 8.17. The van der Waals surface area contributed by atoms with Crippen LogP contribution in [0.3, 0.4) is 0 Å². The van der Waals surface area contributed by atoms with Crippen LogP contribution in [-0.4, -0.2) is 28.3 Å². The van der Waals surface area contributed by atoms with Crippen LogP contribution in [0.25, 0.3) is 10.9 Å². The van der Waals surface area contributed by atoms with E-state index in [0.29, 0.717) is 6.61 Å². The van der Waals surface area contributed by atoms with E-state index in [-0.39, 0.29) is 17.7 Å². The summed E-state index contributed by atoms with van der Waals surface area (Å²) in [6.45, 7) is 6.81. The summed E-state index contributed by atoms with van der Waals surface area (Å²) in [6, 6.07) is 3.93. The van der Waals surface area contributed by atoms with Gasteiger partial charge in [-0.1, -0.05) is 15.9 Å². The third kappa shape index (κ3) is 3.17. The number of fused-ring (bicyclic) bond motifs is 1. The van der Waals surface area contributed by atoms with Crippen LogP contribution in [0.4, 0.5) is 5.95 Å². The smallest absolute Gasteiger partial charge is 0.220 e. The molecule has 2 aromatic rings. The van der Waals surface area contributed by atoms with Crippen LogP contribution in [0.2, 0.25) is 0 Å². The number of hydrogen-bond acceptors (Lipinski definition) is 5. The van der Waals surface area contributed by atoms with E-state index < -0.39 is 0 Å². The molecule has 0 aliphatic carbocycles. The average Bonchev–Trinajstić information content (AvgIpc) is 2.39. The zero-order chi connectivity index (χ0) is 15.9. The first-order valence-electron chi connectivity index (χ1n) is 7.38. The summed E-state index contributed by atoms with van der Waals surface area (Å²) in [7, 11) is 0. The Balaban J connectivity index is 1.99. The Morgan fingerprint density at radius 1 is 1.36 bits per heavy atom. The first kappa shape index (κ1) is 15.5. The number of aromatic nitrogens is 2. The largest absolute Gasteiger partial charge is 0.488 e. The summed E-state index contributed by atoms with van der Waals surface area (Å²) in [6.07, 6.45) is 1.83. The highest BCUT2D eigenvalue weighted by Gasteiger charge is 2.30. The van der Waals surface area contributed by atoms with E-state index in [2.05, 4.69) is 39.7 Å². The third-order valence-corrected chi connectivity index (χ3v) is 4.34. The van der Waals surface area contributed by atoms with Crippen molar-refractivity contribution in [1.29, 1.82) is 0 Å². The van der Waals surface area contributed by atoms with Gasteiger partial charge in [0.25, 0.3) is 0 Å². The molecule has 3 rings (SSSR count). The fraction of sp³-hybridized carbons (Fsp3) is 0.500. The van der Waals surface area contributed by atoms with Crippen LogP contribution in [0.5, 0.6) is 5.75 Å². The predicted octanol–water partition coefficient (Wildman–Crippen LogP) is 3.62. The van der Waals surface area contributed by atoms with E-state index in [1.54, 1.807) is 0 Å². The molecule has 1 saturated heterocycles. The maximum Gasteiger partial charge on any atom is 0.220 e. The molecule has 1 atom stereocenters. The molecular formula is C16H20BrN3O2. The van der Waals surface area contributed by atoms with Gasteiger partial charge in [-0.3, -0.25) is 0 Å². The van der Waals surface area contributed by atoms with Gasteiger partial charge in [0.2, 0.25) is 5.95 Å². The van der Waals surface area contributed by atoms with Crippen molar-refractivity contribution in [3.63, 3.8) is 0 Å². The Labute approximate surface area is 138 Å². The molecule has 0 saturated carbocycles. The second-order valence-electron chi connectivity index (χ2n) is 6.31. The molecule has 1 unspecified atom stereocenters. The molecule has 0 spiro atoms. The van der Waals surface area contributed by atoms with Gasteiger partial charge in [0, 0.05) is 22.7 Å². The minimum Gasteiger partial charge on any atom is -0.488 e. The normalized spacial score (nSPS) is 21.0. The lowest BCUT2D eigenvalue weighted by atomic mass is 9.96. The Hall–Kier alpha value is -1.40. The van der Waals surface area contributed by atoms with Crippen molar-refractivity contribution < 1.29 is 9.47 Å². The van der Waals surface area contributed by atoms with Gasteiger partial charge in [-0.25, -0.2) is 9.97 Å². The number of nitrogens with zero attached hydrogens (tertiary/aromatic N) is 2. The summed E-state index contributed by atoms with van der Waals surface area (Å²) in [5, 5.41) is 0.949. The molecule has 1 aromatic carbocycles. The molecule has 22 heavy (non-hydrogen) atoms. The van der Waals surface area contributed by atoms with Crippen molar-refractivity contribution in [2.45, 2.75) is 45.3 Å². The molecule has 1 aromatic heterocycles. The number of nitrogens with two attached hydrogens (primary N) is 1. The van der Waals surface area contributed by atoms with Gasteiger partial charge in [0.15, 0.2) is 0 Å². The highest BCUT2D eigenvalue weighted by molar-refractivity contribution is 9.10. The third-order valence-electron chi connectivity index (χ3n) is 3.88. The predicted molar refractivity (Wildman–Crippen MR) is 90.1 cm³/mol. The lowest BCUT2D eigenvalue weighted by Crippen LogP contribution is -2.39. The molecule has 1 fully saturated rings. The minimum absolute atomic E-state index is 0.109. The van der Waals surface area contributed by atoms with Crippen LogP contribution in [0.15, 0.2) is 16.6 Å². The maximum absolute atomic E-state index is 6.24. The monoisotopic (exact) mass is 365 g/mol. The number of aryl methyl sites for hydroxylation is 1. The zero-order valence-electron chi connectivity index (χ0n) is 13.0. The standard InChI is InChI=1S/C16H20BrN3O2/c1-9-12-6-10(17)7-13(14(12)20-15(18)19-9)22-11-4-5-21-16(2,3)8-11/h6-7,11H,4-5,8H2,1-3H3,(H2,18,19,20). The van der Waals surface area contributed by atoms with Crippen molar-refractivity contribution >= 4 is 32.8 Å². The van der Waals surface area contributed by atoms with E-state index in [4.69, 9.17) is 15.2 Å². The van der Waals surface area contributed by atoms with Crippen LogP contribution in [0.1, 0.15) is 32.4 Å². The van der Waals surface area contributed by atoms with Gasteiger partial charge in [-0.05, 0) is 32.9 Å². The lowest BCUT2D eigenvalue weighted by Gasteiger charge is -2.35. The van der Waals surface area contributed by atoms with Gasteiger partial charge < -0.3 is 15.2 Å². The van der Waals surface area contributed by atoms with Crippen LogP contribution < -0.4 is 10.5 Å². The van der Waals surface area contributed by atoms with Gasteiger partial charge in [0.1, 0.15) is 17.4 Å². The van der Waals surface area contributed by atoms with E-state index in [1.165, 1.54) is 0 Å². The Kier molecular flexibility index (Phi) is 3.99. The van der Waals surface area contributed by atoms with E-state index in [0.717, 1.165) is 39.7 Å². The highest BCUT2D eigenvalue weighted by atomic mass is 79.9. The molecule has 0 amide bonds. The quantitative estimate of drug-likeness (QED) is 0.879. The highest BCUT2D eigenvalue weighted by Crippen LogP contribution is 2.34. The summed E-state index contributed by atoms with van der Waals surface area (Å²) in [5.41, 5.74) is 7.25. The van der Waals surface area contributed by atoms with Gasteiger partial charge in [0.05, 0.1) is 17.9 Å². The Morgan fingerprint density at radius 3 is 2.86 bits per heavy atom. The van der Waals surface area contributed by atoms with Crippen LogP contribution in [0, 0.1) is 6.92 Å². The molecule has 5 nitrogen and oxygen atoms in total. The number of nitrogen functional groups attached to an aromatic ring is 1. The van der Waals surface area contributed by atoms with E-state index >= 15 is 0 Å². The fourth-order valence-corrected chi connectivity index (χ4v) is 3.32. The molecule has 2 N–H and O–H groups in total. The second kappa shape index (κ2) is 5.66. The average molecular weight is 366 g/mol. The number of hydrogen-bond donors (Lipinski definition) is 1. The molecular weight excluding hydrogens is 346 g/mol. The summed E-state index contributed by atoms with van der Waals surface area (Å²) in [5.74, 6) is 1.01. The fourth-order valence-electron chi connectivity index (χ4n) is 2.88. The Bertz CT molecular complexity index is 718. The topological polar surface area (TPSA) is 70.3 Å². The summed E-state index contributed by atoms with van der Waals surface area (Å²) in [4.78, 5) is 8.59. The van der Waals surface area contributed by atoms with E-state index in [1.807, 2.05) is 19.1 Å². The first-order chi connectivity index (χ1) is 10.3. The molecule has 0 radical (unpaired) electrons. The molecule has 1 aliphatic rings. The van der Waals surface area contributed by atoms with E-state index in [9.17, 15) is 0 Å². The summed E-state index contributed by atoms with van der Waals surface area (Å²) >= 11 is 3.53. The van der Waals surface area contributed by atoms with Crippen molar-refractivity contribution in [3.05, 3.63) is 22.3 Å². The Morgan fingerprint density at radius 2 is 2.14 bits per heavy atom. The SMILES string of the molecule is Cc1nc(N)nc2c(OC3CCOC(C)(C)C3)cc(Br)cc12. The van der Waals surface area contributed by atoms with Crippen LogP contribution >= 0.6 is 15.9 Å². The number of halogens is 1. The maximum atomic E-state index is 6.24. The second-order valence-corrected chi connectivity index (χ2v) is 7.22. The van der Waals surface area contributed by atoms with Crippen molar-refractivity contribution in [1.82, 2.24) is 9.97 Å².